The summed E-state index contributed by atoms with van der Waals surface area (Å²) in [6.45, 7) is 4.17. The minimum atomic E-state index is 0.213. The molecule has 1 aromatic carbocycles. The number of benzene rings is 1. The van der Waals surface area contributed by atoms with Gasteiger partial charge in [-0.2, -0.15) is 0 Å². The van der Waals surface area contributed by atoms with Crippen LogP contribution in [-0.2, 0) is 7.05 Å². The number of aromatic nitrogens is 5. The highest BCUT2D eigenvalue weighted by Gasteiger charge is 2.12. The molecule has 0 saturated carbocycles. The first-order chi connectivity index (χ1) is 10.1. The summed E-state index contributed by atoms with van der Waals surface area (Å²) in [6, 6.07) is 8.31. The summed E-state index contributed by atoms with van der Waals surface area (Å²) in [5, 5.41) is 15.1. The maximum atomic E-state index is 4.30. The quantitative estimate of drug-likeness (QED) is 0.802. The van der Waals surface area contributed by atoms with Gasteiger partial charge in [0.25, 0.3) is 0 Å². The Balaban J connectivity index is 1.84. The lowest BCUT2D eigenvalue weighted by molar-refractivity contribution is 0.714. The average Bonchev–Trinajstić information content (AvgIpc) is 3.07. The number of hydrogen-bond donors (Lipinski definition) is 1. The summed E-state index contributed by atoms with van der Waals surface area (Å²) >= 11 is 1.67. The Morgan fingerprint density at radius 3 is 2.86 bits per heavy atom. The van der Waals surface area contributed by atoms with Crippen LogP contribution in [0.25, 0.3) is 11.4 Å². The molecular formula is C14H16N6S. The number of thiazole rings is 1. The van der Waals surface area contributed by atoms with Crippen LogP contribution in [0.2, 0.25) is 0 Å². The lowest BCUT2D eigenvalue weighted by Crippen LogP contribution is -2.06. The molecular weight excluding hydrogens is 284 g/mol. The van der Waals surface area contributed by atoms with Crippen molar-refractivity contribution in [2.45, 2.75) is 19.9 Å². The molecule has 3 aromatic rings. The van der Waals surface area contributed by atoms with Crippen molar-refractivity contribution in [3.05, 3.63) is 40.3 Å². The molecule has 1 atom stereocenters. The predicted molar refractivity (Wildman–Crippen MR) is 83.1 cm³/mol. The van der Waals surface area contributed by atoms with Crippen molar-refractivity contribution in [2.24, 2.45) is 7.05 Å². The van der Waals surface area contributed by atoms with E-state index in [0.717, 1.165) is 22.8 Å². The van der Waals surface area contributed by atoms with Crippen LogP contribution in [0.1, 0.15) is 23.5 Å². The molecule has 1 N–H and O–H groups in total. The fourth-order valence-corrected chi connectivity index (χ4v) is 3.07. The van der Waals surface area contributed by atoms with Crippen molar-refractivity contribution < 1.29 is 0 Å². The second kappa shape index (κ2) is 5.61. The number of nitrogens with one attached hydrogen (secondary N) is 1. The molecule has 7 heteroatoms. The zero-order chi connectivity index (χ0) is 14.8. The first kappa shape index (κ1) is 13.7. The monoisotopic (exact) mass is 300 g/mol. The third kappa shape index (κ3) is 2.78. The summed E-state index contributed by atoms with van der Waals surface area (Å²) in [4.78, 5) is 5.55. The Morgan fingerprint density at radius 2 is 2.19 bits per heavy atom. The van der Waals surface area contributed by atoms with Gasteiger partial charge in [-0.25, -0.2) is 9.67 Å². The normalized spacial score (nSPS) is 12.3. The van der Waals surface area contributed by atoms with E-state index in [9.17, 15) is 0 Å². The van der Waals surface area contributed by atoms with Crippen LogP contribution >= 0.6 is 11.3 Å². The highest BCUT2D eigenvalue weighted by molar-refractivity contribution is 7.09. The van der Waals surface area contributed by atoms with E-state index in [2.05, 4.69) is 38.8 Å². The third-order valence-electron chi connectivity index (χ3n) is 3.30. The molecule has 0 radical (unpaired) electrons. The van der Waals surface area contributed by atoms with Crippen molar-refractivity contribution in [3.63, 3.8) is 0 Å². The van der Waals surface area contributed by atoms with Crippen molar-refractivity contribution in [2.75, 3.05) is 5.32 Å². The molecule has 6 nitrogen and oxygen atoms in total. The number of hydrogen-bond acceptors (Lipinski definition) is 6. The summed E-state index contributed by atoms with van der Waals surface area (Å²) in [5.74, 6) is 0.750. The Kier molecular flexibility index (Phi) is 3.66. The van der Waals surface area contributed by atoms with E-state index >= 15 is 0 Å². The summed E-state index contributed by atoms with van der Waals surface area (Å²) in [6.07, 6.45) is 0. The molecule has 0 bridgehead atoms. The van der Waals surface area contributed by atoms with E-state index in [1.807, 2.05) is 37.7 Å². The topological polar surface area (TPSA) is 68.5 Å². The molecule has 2 heterocycles. The van der Waals surface area contributed by atoms with Crippen molar-refractivity contribution in [1.82, 2.24) is 25.2 Å². The highest BCUT2D eigenvalue weighted by atomic mass is 32.1. The minimum absolute atomic E-state index is 0.213. The molecule has 2 aromatic heterocycles. The Morgan fingerprint density at radius 1 is 1.33 bits per heavy atom. The molecule has 108 valence electrons. The van der Waals surface area contributed by atoms with E-state index in [4.69, 9.17) is 0 Å². The lowest BCUT2D eigenvalue weighted by atomic mass is 10.1. The average molecular weight is 300 g/mol. The second-order valence-corrected chi connectivity index (χ2v) is 5.76. The molecule has 0 amide bonds. The van der Waals surface area contributed by atoms with Gasteiger partial charge in [0.2, 0.25) is 0 Å². The van der Waals surface area contributed by atoms with Gasteiger partial charge in [0, 0.05) is 23.2 Å². The van der Waals surface area contributed by atoms with Gasteiger partial charge in [-0.05, 0) is 36.4 Å². The number of nitrogens with zero attached hydrogens (tertiary/aromatic N) is 5. The van der Waals surface area contributed by atoms with E-state index in [0.29, 0.717) is 0 Å². The number of aryl methyl sites for hydroxylation is 2. The first-order valence-corrected chi connectivity index (χ1v) is 7.52. The maximum Gasteiger partial charge on any atom is 0.181 e. The van der Waals surface area contributed by atoms with Crippen LogP contribution in [0.4, 0.5) is 5.69 Å². The van der Waals surface area contributed by atoms with Crippen LogP contribution in [-0.4, -0.2) is 25.2 Å². The van der Waals surface area contributed by atoms with E-state index in [1.54, 1.807) is 16.0 Å². The maximum absolute atomic E-state index is 4.30. The fraction of sp³-hybridized carbons (Fsp3) is 0.286. The molecule has 0 fully saturated rings. The van der Waals surface area contributed by atoms with Crippen LogP contribution in [0, 0.1) is 6.92 Å². The van der Waals surface area contributed by atoms with Gasteiger partial charge >= 0.3 is 0 Å². The summed E-state index contributed by atoms with van der Waals surface area (Å²) in [7, 11) is 1.83. The zero-order valence-electron chi connectivity index (χ0n) is 12.1. The van der Waals surface area contributed by atoms with Crippen LogP contribution in [0.3, 0.4) is 0 Å². The molecule has 1 unspecified atom stereocenters. The predicted octanol–water partition coefficient (Wildman–Crippen LogP) is 2.82. The molecule has 0 saturated heterocycles. The van der Waals surface area contributed by atoms with Crippen molar-refractivity contribution in [3.8, 4) is 11.4 Å². The molecule has 0 aliphatic heterocycles. The third-order valence-corrected chi connectivity index (χ3v) is 4.41. The number of tetrazole rings is 1. The highest BCUT2D eigenvalue weighted by Crippen LogP contribution is 2.27. The molecule has 0 aliphatic rings. The molecule has 21 heavy (non-hydrogen) atoms. The summed E-state index contributed by atoms with van der Waals surface area (Å²) < 4.78 is 1.66. The Bertz CT molecular complexity index is 747. The van der Waals surface area contributed by atoms with Gasteiger partial charge in [0.05, 0.1) is 17.2 Å². The number of anilines is 1. The summed E-state index contributed by atoms with van der Waals surface area (Å²) in [5.41, 5.74) is 4.98. The van der Waals surface area contributed by atoms with E-state index in [-0.39, 0.29) is 6.04 Å². The van der Waals surface area contributed by atoms with Crippen molar-refractivity contribution >= 4 is 17.0 Å². The smallest absolute Gasteiger partial charge is 0.181 e. The van der Waals surface area contributed by atoms with E-state index < -0.39 is 0 Å². The largest absolute Gasteiger partial charge is 0.378 e. The van der Waals surface area contributed by atoms with Crippen molar-refractivity contribution in [1.29, 1.82) is 0 Å². The van der Waals surface area contributed by atoms with Crippen LogP contribution in [0.5, 0.6) is 0 Å². The zero-order valence-corrected chi connectivity index (χ0v) is 12.9. The van der Waals surface area contributed by atoms with Gasteiger partial charge < -0.3 is 5.32 Å². The van der Waals surface area contributed by atoms with Gasteiger partial charge in [-0.1, -0.05) is 12.1 Å². The van der Waals surface area contributed by atoms with Gasteiger partial charge in [-0.3, -0.25) is 0 Å². The molecule has 0 spiro atoms. The lowest BCUT2D eigenvalue weighted by Gasteiger charge is -2.15. The second-order valence-electron chi connectivity index (χ2n) is 4.87. The van der Waals surface area contributed by atoms with Crippen LogP contribution < -0.4 is 5.32 Å². The molecule has 3 rings (SSSR count). The van der Waals surface area contributed by atoms with Gasteiger partial charge in [0.15, 0.2) is 5.82 Å². The fourth-order valence-electron chi connectivity index (χ4n) is 2.26. The van der Waals surface area contributed by atoms with Crippen LogP contribution in [0.15, 0.2) is 29.8 Å². The van der Waals surface area contributed by atoms with E-state index in [1.165, 1.54) is 4.88 Å². The number of rotatable bonds is 4. The Labute approximate surface area is 126 Å². The van der Waals surface area contributed by atoms with Gasteiger partial charge in [-0.15, -0.1) is 16.4 Å². The Hall–Kier alpha value is -2.28. The first-order valence-electron chi connectivity index (χ1n) is 6.64. The molecule has 0 aliphatic carbocycles. The standard InChI is InChI=1S/C14H16N6S/c1-9-13(21-8-15-9)10(2)16-12-6-4-5-11(7-12)14-17-18-19-20(14)3/h4-8,10,16H,1-3H3. The minimum Gasteiger partial charge on any atom is -0.378 e. The SMILES string of the molecule is Cc1ncsc1C(C)Nc1cccc(-c2nnnn2C)c1. The van der Waals surface area contributed by atoms with Gasteiger partial charge in [0.1, 0.15) is 0 Å².